The van der Waals surface area contributed by atoms with Gasteiger partial charge in [0.1, 0.15) is 22.0 Å². The van der Waals surface area contributed by atoms with Crippen molar-refractivity contribution in [3.05, 3.63) is 51.6 Å². The van der Waals surface area contributed by atoms with Gasteiger partial charge in [-0.15, -0.1) is 22.7 Å². The fraction of sp³-hybridized carbons (Fsp3) is 0.167. The zero-order valence-electron chi connectivity index (χ0n) is 14.9. The molecule has 10 heteroatoms. The zero-order chi connectivity index (χ0) is 19.3. The van der Waals surface area contributed by atoms with Crippen molar-refractivity contribution in [1.29, 1.82) is 0 Å². The number of fused-ring (bicyclic) bond motifs is 2. The average Bonchev–Trinajstić information content (AvgIpc) is 3.42. The Bertz CT molecular complexity index is 1350. The lowest BCUT2D eigenvalue weighted by Gasteiger charge is -2.10. The number of rotatable bonds is 4. The van der Waals surface area contributed by atoms with E-state index in [9.17, 15) is 4.79 Å². The highest BCUT2D eigenvalue weighted by atomic mass is 32.2. The van der Waals surface area contributed by atoms with Gasteiger partial charge in [-0.1, -0.05) is 17.8 Å². The minimum absolute atomic E-state index is 0.0808. The first-order valence-electron chi connectivity index (χ1n) is 8.46. The van der Waals surface area contributed by atoms with E-state index in [2.05, 4.69) is 20.1 Å². The van der Waals surface area contributed by atoms with Gasteiger partial charge in [0.05, 0.1) is 22.2 Å². The second-order valence-corrected chi connectivity index (χ2v) is 9.34. The molecular formula is C18H14N6OS3. The van der Waals surface area contributed by atoms with E-state index in [4.69, 9.17) is 4.98 Å². The Hall–Kier alpha value is -2.56. The molecule has 1 atom stereocenters. The summed E-state index contributed by atoms with van der Waals surface area (Å²) in [5.74, 6) is 0.637. The number of aromatic nitrogens is 6. The molecule has 0 saturated carbocycles. The van der Waals surface area contributed by atoms with Crippen molar-refractivity contribution in [1.82, 2.24) is 29.7 Å². The maximum atomic E-state index is 12.8. The van der Waals surface area contributed by atoms with E-state index in [-0.39, 0.29) is 10.8 Å². The number of H-pyrrole nitrogens is 1. The fourth-order valence-corrected chi connectivity index (χ4v) is 5.74. The second kappa shape index (κ2) is 6.80. The molecule has 7 nitrogen and oxygen atoms in total. The van der Waals surface area contributed by atoms with Gasteiger partial charge in [-0.25, -0.2) is 15.0 Å². The van der Waals surface area contributed by atoms with Gasteiger partial charge in [-0.3, -0.25) is 9.48 Å². The van der Waals surface area contributed by atoms with Crippen molar-refractivity contribution < 1.29 is 0 Å². The predicted octanol–water partition coefficient (Wildman–Crippen LogP) is 4.24. The monoisotopic (exact) mass is 426 g/mol. The van der Waals surface area contributed by atoms with E-state index in [1.54, 1.807) is 22.2 Å². The second-order valence-electron chi connectivity index (χ2n) is 6.20. The molecule has 5 rings (SSSR count). The lowest BCUT2D eigenvalue weighted by atomic mass is 10.2. The van der Waals surface area contributed by atoms with Crippen LogP contribution >= 0.6 is 34.4 Å². The van der Waals surface area contributed by atoms with Crippen LogP contribution in [0.5, 0.6) is 0 Å². The minimum atomic E-state index is -0.105. The zero-order valence-corrected chi connectivity index (χ0v) is 17.4. The van der Waals surface area contributed by atoms with Crippen LogP contribution in [0.4, 0.5) is 0 Å². The fourth-order valence-electron chi connectivity index (χ4n) is 3.03. The van der Waals surface area contributed by atoms with Crippen molar-refractivity contribution in [2.75, 3.05) is 0 Å². The molecule has 0 bridgehead atoms. The predicted molar refractivity (Wildman–Crippen MR) is 114 cm³/mol. The normalized spacial score (nSPS) is 12.8. The van der Waals surface area contributed by atoms with Crippen molar-refractivity contribution >= 4 is 55.7 Å². The van der Waals surface area contributed by atoms with Crippen LogP contribution in [0.15, 0.2) is 45.2 Å². The molecule has 0 aromatic carbocycles. The summed E-state index contributed by atoms with van der Waals surface area (Å²) >= 11 is 4.65. The van der Waals surface area contributed by atoms with Gasteiger partial charge >= 0.3 is 0 Å². The largest absolute Gasteiger partial charge is 0.309 e. The Morgan fingerprint density at radius 1 is 1.29 bits per heavy atom. The van der Waals surface area contributed by atoms with Crippen LogP contribution in [0, 0.1) is 0 Å². The molecule has 140 valence electrons. The lowest BCUT2D eigenvalue weighted by Crippen LogP contribution is -2.12. The molecule has 0 saturated heterocycles. The van der Waals surface area contributed by atoms with Crippen LogP contribution < -0.4 is 5.56 Å². The lowest BCUT2D eigenvalue weighted by molar-refractivity contribution is 0.784. The molecule has 5 heterocycles. The van der Waals surface area contributed by atoms with Crippen LogP contribution in [0.3, 0.4) is 0 Å². The summed E-state index contributed by atoms with van der Waals surface area (Å²) in [4.78, 5) is 31.0. The SMILES string of the molecule is CC(Sc1ncnc2c1cnn2C)c1nc2scc(-c3cccs3)c2c(=O)[nH]1. The molecule has 1 unspecified atom stereocenters. The maximum absolute atomic E-state index is 12.8. The molecule has 28 heavy (non-hydrogen) atoms. The summed E-state index contributed by atoms with van der Waals surface area (Å²) in [6.45, 7) is 2.01. The molecule has 0 aliphatic heterocycles. The average molecular weight is 427 g/mol. The molecule has 0 aliphatic carbocycles. The van der Waals surface area contributed by atoms with E-state index in [0.29, 0.717) is 11.2 Å². The Labute approximate surface area is 171 Å². The molecule has 5 aromatic heterocycles. The van der Waals surface area contributed by atoms with Gasteiger partial charge in [0, 0.05) is 22.9 Å². The summed E-state index contributed by atoms with van der Waals surface area (Å²) in [5.41, 5.74) is 1.62. The summed E-state index contributed by atoms with van der Waals surface area (Å²) in [6.07, 6.45) is 3.29. The van der Waals surface area contributed by atoms with Gasteiger partial charge in [-0.05, 0) is 18.4 Å². The first-order valence-corrected chi connectivity index (χ1v) is 11.1. The third-order valence-corrected chi connectivity index (χ3v) is 7.32. The third-order valence-electron chi connectivity index (χ3n) is 4.42. The van der Waals surface area contributed by atoms with Gasteiger partial charge in [0.25, 0.3) is 5.56 Å². The van der Waals surface area contributed by atoms with Crippen LogP contribution in [-0.4, -0.2) is 29.7 Å². The highest BCUT2D eigenvalue weighted by Crippen LogP contribution is 2.37. The van der Waals surface area contributed by atoms with Crippen molar-refractivity contribution in [2.45, 2.75) is 17.2 Å². The summed E-state index contributed by atoms with van der Waals surface area (Å²) in [6, 6.07) is 4.01. The number of thiophene rings is 2. The highest BCUT2D eigenvalue weighted by Gasteiger charge is 2.19. The number of hydrogen-bond donors (Lipinski definition) is 1. The molecule has 1 N–H and O–H groups in total. The molecule has 0 amide bonds. The van der Waals surface area contributed by atoms with Crippen LogP contribution in [0.2, 0.25) is 0 Å². The molecule has 0 aliphatic rings. The summed E-state index contributed by atoms with van der Waals surface area (Å²) in [5, 5.41) is 10.5. The number of nitrogens with zero attached hydrogens (tertiary/aromatic N) is 5. The van der Waals surface area contributed by atoms with Crippen LogP contribution in [0.25, 0.3) is 31.7 Å². The molecular weight excluding hydrogens is 412 g/mol. The first kappa shape index (κ1) is 17.5. The van der Waals surface area contributed by atoms with Crippen molar-refractivity contribution in [3.63, 3.8) is 0 Å². The molecule has 0 radical (unpaired) electrons. The first-order chi connectivity index (χ1) is 13.6. The Morgan fingerprint density at radius 2 is 2.18 bits per heavy atom. The van der Waals surface area contributed by atoms with Gasteiger partial charge in [0.2, 0.25) is 0 Å². The van der Waals surface area contributed by atoms with Gasteiger partial charge in [0.15, 0.2) is 5.65 Å². The summed E-state index contributed by atoms with van der Waals surface area (Å²) < 4.78 is 1.72. The standard InChI is InChI=1S/C18H14N6OS3/c1-9(28-17-10-6-21-24(2)15(10)19-8-20-17)14-22-16(25)13-11(7-27-18(13)23-14)12-4-3-5-26-12/h3-9H,1-2H3,(H,22,23,25). The third kappa shape index (κ3) is 2.84. The quantitative estimate of drug-likeness (QED) is 0.341. The number of aromatic amines is 1. The Balaban J connectivity index is 1.53. The highest BCUT2D eigenvalue weighted by molar-refractivity contribution is 7.99. The number of thioether (sulfide) groups is 1. The maximum Gasteiger partial charge on any atom is 0.260 e. The number of aryl methyl sites for hydroxylation is 1. The minimum Gasteiger partial charge on any atom is -0.309 e. The molecule has 5 aromatic rings. The van der Waals surface area contributed by atoms with E-state index < -0.39 is 0 Å². The molecule has 0 spiro atoms. The van der Waals surface area contributed by atoms with E-state index in [1.807, 2.05) is 36.9 Å². The number of hydrogen-bond acceptors (Lipinski definition) is 8. The van der Waals surface area contributed by atoms with Crippen molar-refractivity contribution in [3.8, 4) is 10.4 Å². The van der Waals surface area contributed by atoms with Gasteiger partial charge in [-0.2, -0.15) is 5.10 Å². The van der Waals surface area contributed by atoms with Crippen molar-refractivity contribution in [2.24, 2.45) is 7.05 Å². The number of nitrogens with one attached hydrogen (secondary N) is 1. The van der Waals surface area contributed by atoms with Crippen LogP contribution in [0.1, 0.15) is 18.0 Å². The summed E-state index contributed by atoms with van der Waals surface area (Å²) in [7, 11) is 1.85. The molecule has 0 fully saturated rings. The topological polar surface area (TPSA) is 89.3 Å². The van der Waals surface area contributed by atoms with Gasteiger partial charge < -0.3 is 4.98 Å². The van der Waals surface area contributed by atoms with E-state index in [1.165, 1.54) is 29.4 Å². The van der Waals surface area contributed by atoms with Crippen LogP contribution in [-0.2, 0) is 7.05 Å². The smallest absolute Gasteiger partial charge is 0.260 e. The van der Waals surface area contributed by atoms with E-state index >= 15 is 0 Å². The van der Waals surface area contributed by atoms with E-state index in [0.717, 1.165) is 31.3 Å². The Kier molecular flexibility index (Phi) is 4.26. The Morgan fingerprint density at radius 3 is 3.00 bits per heavy atom.